The van der Waals surface area contributed by atoms with Crippen LogP contribution in [-0.2, 0) is 14.3 Å². The number of halogens is 1. The molecule has 3 fully saturated rings. The Labute approximate surface area is 192 Å². The van der Waals surface area contributed by atoms with Crippen molar-refractivity contribution < 1.29 is 18.7 Å². The van der Waals surface area contributed by atoms with Gasteiger partial charge in [-0.2, -0.15) is 0 Å². The van der Waals surface area contributed by atoms with Gasteiger partial charge < -0.3 is 20.3 Å². The van der Waals surface area contributed by atoms with Crippen molar-refractivity contribution in [2.45, 2.75) is 30.7 Å². The molecule has 4 heterocycles. The van der Waals surface area contributed by atoms with E-state index in [-0.39, 0.29) is 35.8 Å². The lowest BCUT2D eigenvalue weighted by Crippen LogP contribution is -2.65. The maximum atomic E-state index is 13.5. The first-order valence-corrected chi connectivity index (χ1v) is 11.4. The van der Waals surface area contributed by atoms with Crippen molar-refractivity contribution >= 4 is 11.8 Å². The first kappa shape index (κ1) is 21.9. The molecule has 174 valence electrons. The summed E-state index contributed by atoms with van der Waals surface area (Å²) in [5.74, 6) is -0.899. The van der Waals surface area contributed by atoms with Gasteiger partial charge in [0.1, 0.15) is 5.82 Å². The smallest absolute Gasteiger partial charge is 0.261 e. The zero-order valence-electron chi connectivity index (χ0n) is 18.3. The number of aromatic nitrogens is 1. The van der Waals surface area contributed by atoms with Gasteiger partial charge in [-0.05, 0) is 48.4 Å². The van der Waals surface area contributed by atoms with Gasteiger partial charge in [0.2, 0.25) is 6.10 Å². The molecular weight excluding hydrogens is 425 g/mol. The molecule has 1 aromatic carbocycles. The maximum Gasteiger partial charge on any atom is 0.261 e. The van der Waals surface area contributed by atoms with Gasteiger partial charge in [-0.1, -0.05) is 12.1 Å². The summed E-state index contributed by atoms with van der Waals surface area (Å²) in [5.41, 5.74) is 2.04. The second-order valence-corrected chi connectivity index (χ2v) is 8.76. The summed E-state index contributed by atoms with van der Waals surface area (Å²) in [5, 5.41) is 6.18. The summed E-state index contributed by atoms with van der Waals surface area (Å²) in [4.78, 5) is 33.8. The van der Waals surface area contributed by atoms with Crippen molar-refractivity contribution in [3.05, 3.63) is 65.7 Å². The number of carbonyl (C=O) groups is 2. The summed E-state index contributed by atoms with van der Waals surface area (Å²) in [6, 6.07) is 10.3. The molecule has 3 aliphatic heterocycles. The van der Waals surface area contributed by atoms with Gasteiger partial charge in [0.25, 0.3) is 11.8 Å². The highest BCUT2D eigenvalue weighted by Crippen LogP contribution is 2.30. The molecule has 4 atom stereocenters. The number of fused-ring (bicyclic) bond motifs is 1. The standard InChI is InChI=1S/C24H28FN5O3/c25-18-3-1-16(2-4-18)21(17-5-8-26-9-6-17)29-11-13-30(14-12-29)24(32)22-23(31)28-19-15-27-10-7-20(19)33-22/h1-6,8-9,19-22,27H,7,10-15H2,(H,28,31). The molecular formula is C24H28FN5O3. The van der Waals surface area contributed by atoms with Crippen LogP contribution in [0.5, 0.6) is 0 Å². The number of rotatable bonds is 4. The second-order valence-electron chi connectivity index (χ2n) is 8.76. The summed E-state index contributed by atoms with van der Waals surface area (Å²) >= 11 is 0. The minimum absolute atomic E-state index is 0.0735. The van der Waals surface area contributed by atoms with E-state index >= 15 is 0 Å². The van der Waals surface area contributed by atoms with Gasteiger partial charge >= 0.3 is 0 Å². The number of benzene rings is 1. The van der Waals surface area contributed by atoms with Crippen LogP contribution in [0.15, 0.2) is 48.8 Å². The van der Waals surface area contributed by atoms with Crippen LogP contribution in [0.3, 0.4) is 0 Å². The quantitative estimate of drug-likeness (QED) is 0.663. The van der Waals surface area contributed by atoms with E-state index in [1.54, 1.807) is 29.4 Å². The van der Waals surface area contributed by atoms with Gasteiger partial charge in [-0.3, -0.25) is 19.5 Å². The van der Waals surface area contributed by atoms with Crippen LogP contribution in [0.25, 0.3) is 0 Å². The first-order chi connectivity index (χ1) is 16.1. The van der Waals surface area contributed by atoms with Crippen LogP contribution in [-0.4, -0.2) is 84.1 Å². The van der Waals surface area contributed by atoms with Gasteiger partial charge in [0.15, 0.2) is 0 Å². The lowest BCUT2D eigenvalue weighted by molar-refractivity contribution is -0.168. The second kappa shape index (κ2) is 9.54. The van der Waals surface area contributed by atoms with E-state index in [9.17, 15) is 14.0 Å². The van der Waals surface area contributed by atoms with Crippen molar-refractivity contribution in [2.24, 2.45) is 0 Å². The van der Waals surface area contributed by atoms with Gasteiger partial charge in [0, 0.05) is 45.1 Å². The summed E-state index contributed by atoms with van der Waals surface area (Å²) < 4.78 is 19.5. The average Bonchev–Trinajstić information content (AvgIpc) is 2.86. The number of piperazine rings is 1. The number of amides is 2. The number of morpholine rings is 1. The van der Waals surface area contributed by atoms with Gasteiger partial charge in [0.05, 0.1) is 18.2 Å². The third-order valence-corrected chi connectivity index (χ3v) is 6.72. The molecule has 1 aromatic heterocycles. The Morgan fingerprint density at radius 1 is 1.06 bits per heavy atom. The van der Waals surface area contributed by atoms with E-state index in [0.29, 0.717) is 32.7 Å². The topological polar surface area (TPSA) is 86.8 Å². The van der Waals surface area contributed by atoms with Crippen molar-refractivity contribution in [3.63, 3.8) is 0 Å². The SMILES string of the molecule is O=C1NC2CNCCC2OC1C(=O)N1CCN(C(c2ccncc2)c2ccc(F)cc2)CC1. The number of carbonyl (C=O) groups excluding carboxylic acids is 2. The van der Waals surface area contributed by atoms with Crippen LogP contribution in [0.1, 0.15) is 23.6 Å². The summed E-state index contributed by atoms with van der Waals surface area (Å²) in [6.07, 6.45) is 3.06. The Hall–Kier alpha value is -2.88. The highest BCUT2D eigenvalue weighted by Gasteiger charge is 2.43. The Kier molecular flexibility index (Phi) is 6.34. The molecule has 0 aliphatic carbocycles. The Balaban J connectivity index is 1.27. The van der Waals surface area contributed by atoms with E-state index < -0.39 is 6.10 Å². The summed E-state index contributed by atoms with van der Waals surface area (Å²) in [6.45, 7) is 3.71. The number of nitrogens with one attached hydrogen (secondary N) is 2. The fraction of sp³-hybridized carbons (Fsp3) is 0.458. The molecule has 0 bridgehead atoms. The molecule has 2 N–H and O–H groups in total. The van der Waals surface area contributed by atoms with Crippen LogP contribution in [0.2, 0.25) is 0 Å². The number of hydrogen-bond donors (Lipinski definition) is 2. The molecule has 0 radical (unpaired) electrons. The van der Waals surface area contributed by atoms with Crippen molar-refractivity contribution in [1.29, 1.82) is 0 Å². The monoisotopic (exact) mass is 453 g/mol. The zero-order chi connectivity index (χ0) is 22.8. The lowest BCUT2D eigenvalue weighted by Gasteiger charge is -2.43. The van der Waals surface area contributed by atoms with Crippen LogP contribution < -0.4 is 10.6 Å². The van der Waals surface area contributed by atoms with E-state index in [0.717, 1.165) is 24.1 Å². The highest BCUT2D eigenvalue weighted by molar-refractivity contribution is 6.04. The van der Waals surface area contributed by atoms with E-state index in [1.807, 2.05) is 12.1 Å². The van der Waals surface area contributed by atoms with Crippen LogP contribution in [0, 0.1) is 5.82 Å². The number of nitrogens with zero attached hydrogens (tertiary/aromatic N) is 3. The van der Waals surface area contributed by atoms with E-state index in [1.165, 1.54) is 12.1 Å². The predicted octanol–water partition coefficient (Wildman–Crippen LogP) is 0.700. The predicted molar refractivity (Wildman–Crippen MR) is 119 cm³/mol. The molecule has 9 heteroatoms. The molecule has 0 spiro atoms. The fourth-order valence-corrected chi connectivity index (χ4v) is 4.98. The largest absolute Gasteiger partial charge is 0.353 e. The highest BCUT2D eigenvalue weighted by atomic mass is 19.1. The third kappa shape index (κ3) is 4.62. The van der Waals surface area contributed by atoms with E-state index in [4.69, 9.17) is 4.74 Å². The molecule has 0 saturated carbocycles. The minimum Gasteiger partial charge on any atom is -0.353 e. The normalized spacial score (nSPS) is 26.9. The van der Waals surface area contributed by atoms with E-state index in [2.05, 4.69) is 20.5 Å². The third-order valence-electron chi connectivity index (χ3n) is 6.72. The number of hydrogen-bond acceptors (Lipinski definition) is 6. The molecule has 8 nitrogen and oxygen atoms in total. The number of piperidine rings is 1. The first-order valence-electron chi connectivity index (χ1n) is 11.4. The van der Waals surface area contributed by atoms with Gasteiger partial charge in [-0.25, -0.2) is 4.39 Å². The van der Waals surface area contributed by atoms with Crippen LogP contribution in [0.4, 0.5) is 4.39 Å². The maximum absolute atomic E-state index is 13.5. The number of ether oxygens (including phenoxy) is 1. The molecule has 5 rings (SSSR count). The molecule has 33 heavy (non-hydrogen) atoms. The zero-order valence-corrected chi connectivity index (χ0v) is 18.3. The Morgan fingerprint density at radius 3 is 2.48 bits per heavy atom. The molecule has 3 aliphatic rings. The molecule has 3 saturated heterocycles. The van der Waals surface area contributed by atoms with Crippen molar-refractivity contribution in [2.75, 3.05) is 39.3 Å². The van der Waals surface area contributed by atoms with Crippen molar-refractivity contribution in [1.82, 2.24) is 25.4 Å². The average molecular weight is 454 g/mol. The molecule has 2 amide bonds. The van der Waals surface area contributed by atoms with Crippen LogP contribution >= 0.6 is 0 Å². The molecule has 4 unspecified atom stereocenters. The lowest BCUT2D eigenvalue weighted by atomic mass is 9.97. The number of pyridine rings is 1. The fourth-order valence-electron chi connectivity index (χ4n) is 4.98. The minimum atomic E-state index is -1.08. The molecule has 2 aromatic rings. The Bertz CT molecular complexity index is 981. The van der Waals surface area contributed by atoms with Crippen molar-refractivity contribution in [3.8, 4) is 0 Å². The van der Waals surface area contributed by atoms with Gasteiger partial charge in [-0.15, -0.1) is 0 Å². The Morgan fingerprint density at radius 2 is 1.76 bits per heavy atom. The summed E-state index contributed by atoms with van der Waals surface area (Å²) in [7, 11) is 0.